The fraction of sp³-hybridized carbons (Fsp3) is 0.267. The van der Waals surface area contributed by atoms with Crippen molar-refractivity contribution in [3.05, 3.63) is 46.4 Å². The van der Waals surface area contributed by atoms with Crippen LogP contribution >= 0.6 is 15.9 Å². The van der Waals surface area contributed by atoms with Gasteiger partial charge in [-0.15, -0.1) is 0 Å². The Kier molecular flexibility index (Phi) is 4.24. The molecule has 6 nitrogen and oxygen atoms in total. The predicted molar refractivity (Wildman–Crippen MR) is 85.6 cm³/mol. The van der Waals surface area contributed by atoms with Crippen LogP contribution in [0.25, 0.3) is 10.9 Å². The number of hydrogen-bond acceptors (Lipinski definition) is 4. The van der Waals surface area contributed by atoms with Crippen LogP contribution in [-0.2, 0) is 13.5 Å². The Morgan fingerprint density at radius 3 is 3.09 bits per heavy atom. The fourth-order valence-corrected chi connectivity index (χ4v) is 2.72. The van der Waals surface area contributed by atoms with E-state index in [-0.39, 0.29) is 5.91 Å². The molecule has 0 spiro atoms. The lowest BCUT2D eigenvalue weighted by Gasteiger charge is -2.05. The summed E-state index contributed by atoms with van der Waals surface area (Å²) in [4.78, 5) is 12.4. The largest absolute Gasteiger partial charge is 0.364 e. The lowest BCUT2D eigenvalue weighted by Crippen LogP contribution is -2.27. The van der Waals surface area contributed by atoms with Crippen molar-refractivity contribution in [2.24, 2.45) is 7.05 Å². The Hall–Kier alpha value is -2.15. The Morgan fingerprint density at radius 1 is 1.45 bits per heavy atom. The van der Waals surface area contributed by atoms with E-state index in [0.717, 1.165) is 33.8 Å². The highest BCUT2D eigenvalue weighted by atomic mass is 79.9. The van der Waals surface area contributed by atoms with E-state index in [0.29, 0.717) is 12.2 Å². The normalized spacial score (nSPS) is 11.0. The minimum atomic E-state index is -0.113. The van der Waals surface area contributed by atoms with Crippen molar-refractivity contribution in [1.29, 1.82) is 0 Å². The SMILES string of the molecule is Cn1nc2cc(Br)ccc2c1C(=O)NCCCc1cnoc1. The van der Waals surface area contributed by atoms with Crippen molar-refractivity contribution in [2.75, 3.05) is 6.54 Å². The summed E-state index contributed by atoms with van der Waals surface area (Å²) in [7, 11) is 1.78. The molecule has 0 unspecified atom stereocenters. The third kappa shape index (κ3) is 3.04. The molecule has 0 aliphatic carbocycles. The maximum absolute atomic E-state index is 12.4. The summed E-state index contributed by atoms with van der Waals surface area (Å²) in [5.41, 5.74) is 2.41. The number of hydrogen-bond donors (Lipinski definition) is 1. The second-order valence-corrected chi connectivity index (χ2v) is 5.94. The van der Waals surface area contributed by atoms with Crippen molar-refractivity contribution in [3.8, 4) is 0 Å². The van der Waals surface area contributed by atoms with Gasteiger partial charge in [0.05, 0.1) is 11.7 Å². The highest BCUT2D eigenvalue weighted by Crippen LogP contribution is 2.22. The van der Waals surface area contributed by atoms with Crippen LogP contribution in [-0.4, -0.2) is 27.4 Å². The smallest absolute Gasteiger partial charge is 0.270 e. The summed E-state index contributed by atoms with van der Waals surface area (Å²) < 4.78 is 7.33. The summed E-state index contributed by atoms with van der Waals surface area (Å²) in [6.45, 7) is 0.590. The average molecular weight is 363 g/mol. The van der Waals surface area contributed by atoms with Gasteiger partial charge in [-0.3, -0.25) is 9.48 Å². The zero-order chi connectivity index (χ0) is 15.5. The Balaban J connectivity index is 1.66. The van der Waals surface area contributed by atoms with Crippen LogP contribution in [0, 0.1) is 0 Å². The first-order valence-corrected chi connectivity index (χ1v) is 7.73. The Morgan fingerprint density at radius 2 is 2.32 bits per heavy atom. The number of halogens is 1. The molecule has 1 aromatic carbocycles. The van der Waals surface area contributed by atoms with E-state index in [2.05, 4.69) is 31.5 Å². The van der Waals surface area contributed by atoms with Crippen LogP contribution in [0.5, 0.6) is 0 Å². The third-order valence-electron chi connectivity index (χ3n) is 3.42. The monoisotopic (exact) mass is 362 g/mol. The molecule has 7 heteroatoms. The molecule has 0 fully saturated rings. The molecule has 1 N–H and O–H groups in total. The number of carbonyl (C=O) groups excluding carboxylic acids is 1. The molecule has 1 amide bonds. The van der Waals surface area contributed by atoms with Gasteiger partial charge in [0, 0.05) is 29.0 Å². The Bertz CT molecular complexity index is 795. The molecule has 114 valence electrons. The summed E-state index contributed by atoms with van der Waals surface area (Å²) in [5, 5.41) is 11.8. The Labute approximate surface area is 135 Å². The van der Waals surface area contributed by atoms with E-state index < -0.39 is 0 Å². The van der Waals surface area contributed by atoms with Gasteiger partial charge < -0.3 is 9.84 Å². The lowest BCUT2D eigenvalue weighted by atomic mass is 10.2. The molecule has 3 aromatic rings. The van der Waals surface area contributed by atoms with Crippen LogP contribution in [0.1, 0.15) is 22.5 Å². The van der Waals surface area contributed by atoms with Gasteiger partial charge in [0.25, 0.3) is 5.91 Å². The quantitative estimate of drug-likeness (QED) is 0.708. The number of rotatable bonds is 5. The summed E-state index contributed by atoms with van der Waals surface area (Å²) in [6.07, 6.45) is 4.96. The molecule has 0 radical (unpaired) electrons. The second kappa shape index (κ2) is 6.31. The zero-order valence-electron chi connectivity index (χ0n) is 12.0. The van der Waals surface area contributed by atoms with Gasteiger partial charge in [-0.25, -0.2) is 0 Å². The van der Waals surface area contributed by atoms with Gasteiger partial charge in [0.15, 0.2) is 0 Å². The maximum Gasteiger partial charge on any atom is 0.270 e. The maximum atomic E-state index is 12.4. The zero-order valence-corrected chi connectivity index (χ0v) is 13.6. The summed E-state index contributed by atoms with van der Waals surface area (Å²) in [5.74, 6) is -0.113. The van der Waals surface area contributed by atoms with Gasteiger partial charge in [-0.2, -0.15) is 5.10 Å². The van der Waals surface area contributed by atoms with Crippen molar-refractivity contribution >= 4 is 32.7 Å². The van der Waals surface area contributed by atoms with E-state index >= 15 is 0 Å². The van der Waals surface area contributed by atoms with Crippen molar-refractivity contribution < 1.29 is 9.32 Å². The van der Waals surface area contributed by atoms with E-state index in [4.69, 9.17) is 4.52 Å². The number of amides is 1. The van der Waals surface area contributed by atoms with Crippen molar-refractivity contribution in [2.45, 2.75) is 12.8 Å². The summed E-state index contributed by atoms with van der Waals surface area (Å²) >= 11 is 3.41. The lowest BCUT2D eigenvalue weighted by molar-refractivity contribution is 0.0945. The number of benzene rings is 1. The van der Waals surface area contributed by atoms with Crippen molar-refractivity contribution in [1.82, 2.24) is 20.3 Å². The highest BCUT2D eigenvalue weighted by Gasteiger charge is 2.16. The van der Waals surface area contributed by atoms with Crippen LogP contribution in [0.4, 0.5) is 0 Å². The number of fused-ring (bicyclic) bond motifs is 1. The standard InChI is InChI=1S/C15H15BrN4O2/c1-20-14(12-5-4-11(16)7-13(12)19-20)15(21)17-6-2-3-10-8-18-22-9-10/h4-5,7-9H,2-3,6H2,1H3,(H,17,21). The van der Waals surface area contributed by atoms with Gasteiger partial charge in [0.1, 0.15) is 12.0 Å². The molecule has 3 rings (SSSR count). The molecule has 0 bridgehead atoms. The third-order valence-corrected chi connectivity index (χ3v) is 3.92. The number of nitrogens with zero attached hydrogens (tertiary/aromatic N) is 3. The molecule has 0 saturated heterocycles. The molecule has 2 heterocycles. The molecule has 0 aliphatic heterocycles. The molecule has 22 heavy (non-hydrogen) atoms. The van der Waals surface area contributed by atoms with E-state index in [9.17, 15) is 4.79 Å². The minimum Gasteiger partial charge on any atom is -0.364 e. The molecular formula is C15H15BrN4O2. The number of aromatic nitrogens is 3. The average Bonchev–Trinajstić information content (AvgIpc) is 3.09. The van der Waals surface area contributed by atoms with Gasteiger partial charge in [-0.1, -0.05) is 21.1 Å². The first kappa shape index (κ1) is 14.8. The predicted octanol–water partition coefficient (Wildman–Crippen LogP) is 2.69. The van der Waals surface area contributed by atoms with E-state index in [1.165, 1.54) is 0 Å². The molecule has 0 aliphatic rings. The first-order chi connectivity index (χ1) is 10.6. The van der Waals surface area contributed by atoms with Crippen LogP contribution in [0.15, 0.2) is 39.7 Å². The fourth-order valence-electron chi connectivity index (χ4n) is 2.37. The van der Waals surface area contributed by atoms with Crippen LogP contribution < -0.4 is 5.32 Å². The molecule has 0 atom stereocenters. The van der Waals surface area contributed by atoms with Crippen molar-refractivity contribution in [3.63, 3.8) is 0 Å². The minimum absolute atomic E-state index is 0.113. The van der Waals surface area contributed by atoms with Gasteiger partial charge in [0.2, 0.25) is 0 Å². The van der Waals surface area contributed by atoms with E-state index in [1.807, 2.05) is 18.2 Å². The first-order valence-electron chi connectivity index (χ1n) is 6.94. The van der Waals surface area contributed by atoms with Crippen LogP contribution in [0.3, 0.4) is 0 Å². The van der Waals surface area contributed by atoms with Gasteiger partial charge in [-0.05, 0) is 31.0 Å². The number of nitrogens with one attached hydrogen (secondary N) is 1. The van der Waals surface area contributed by atoms with E-state index in [1.54, 1.807) is 24.2 Å². The van der Waals surface area contributed by atoms with Crippen LogP contribution in [0.2, 0.25) is 0 Å². The summed E-state index contributed by atoms with van der Waals surface area (Å²) in [6, 6.07) is 5.71. The molecule has 0 saturated carbocycles. The topological polar surface area (TPSA) is 73.0 Å². The second-order valence-electron chi connectivity index (χ2n) is 5.03. The number of carbonyl (C=O) groups is 1. The molecule has 2 aromatic heterocycles. The molecular weight excluding hydrogens is 348 g/mol. The highest BCUT2D eigenvalue weighted by molar-refractivity contribution is 9.10. The number of aryl methyl sites for hydroxylation is 2. The van der Waals surface area contributed by atoms with Gasteiger partial charge >= 0.3 is 0 Å².